The second-order valence-corrected chi connectivity index (χ2v) is 7.66. The van der Waals surface area contributed by atoms with Crippen molar-refractivity contribution >= 4 is 12.4 Å². The highest BCUT2D eigenvalue weighted by Crippen LogP contribution is 2.51. The quantitative estimate of drug-likeness (QED) is 0.676. The molecule has 1 aliphatic carbocycles. The average molecular weight is 413 g/mol. The van der Waals surface area contributed by atoms with E-state index < -0.39 is 17.7 Å². The summed E-state index contributed by atoms with van der Waals surface area (Å²) in [4.78, 5) is 2.23. The van der Waals surface area contributed by atoms with E-state index in [1.807, 2.05) is 6.92 Å². The normalized spacial score (nSPS) is 27.5. The highest BCUT2D eigenvalue weighted by atomic mass is 35.5. The summed E-state index contributed by atoms with van der Waals surface area (Å²) in [5.41, 5.74) is -0.00860. The van der Waals surface area contributed by atoms with E-state index in [0.717, 1.165) is 25.1 Å². The molecule has 0 radical (unpaired) electrons. The van der Waals surface area contributed by atoms with Gasteiger partial charge >= 0.3 is 6.18 Å². The zero-order chi connectivity index (χ0) is 19.1. The van der Waals surface area contributed by atoms with Crippen LogP contribution in [0.25, 0.3) is 0 Å². The molecule has 154 valence electrons. The topological polar surface area (TPSA) is 15.3 Å². The zero-order valence-corrected chi connectivity index (χ0v) is 16.2. The van der Waals surface area contributed by atoms with Crippen molar-refractivity contribution in [2.24, 2.45) is 5.92 Å². The minimum absolute atomic E-state index is 0. The molecule has 3 atom stereocenters. The minimum Gasteiger partial charge on any atom is -0.311 e. The van der Waals surface area contributed by atoms with Gasteiger partial charge in [-0.2, -0.15) is 13.2 Å². The fourth-order valence-electron chi connectivity index (χ4n) is 4.24. The Morgan fingerprint density at radius 2 is 1.78 bits per heavy atom. The van der Waals surface area contributed by atoms with Crippen LogP contribution in [0.5, 0.6) is 0 Å². The third-order valence-corrected chi connectivity index (χ3v) is 5.63. The SMILES string of the molecule is CC[C@@H]1CN[C@@H](C)CN1C(c1ccc(C(F)(F)F)cc1)C1CC(F)(F)C1.Cl. The van der Waals surface area contributed by atoms with Gasteiger partial charge in [-0.3, -0.25) is 4.90 Å². The van der Waals surface area contributed by atoms with Crippen molar-refractivity contribution in [3.63, 3.8) is 0 Å². The molecule has 2 fully saturated rings. The third-order valence-electron chi connectivity index (χ3n) is 5.63. The van der Waals surface area contributed by atoms with E-state index in [-0.39, 0.29) is 49.3 Å². The predicted molar refractivity (Wildman–Crippen MR) is 97.4 cm³/mol. The molecule has 1 aliphatic heterocycles. The van der Waals surface area contributed by atoms with Gasteiger partial charge < -0.3 is 5.32 Å². The first-order valence-electron chi connectivity index (χ1n) is 9.15. The van der Waals surface area contributed by atoms with Crippen molar-refractivity contribution in [1.29, 1.82) is 0 Å². The van der Waals surface area contributed by atoms with Crippen molar-refractivity contribution in [2.45, 2.75) is 63.3 Å². The zero-order valence-electron chi connectivity index (χ0n) is 15.4. The van der Waals surface area contributed by atoms with Crippen LogP contribution in [0.4, 0.5) is 22.0 Å². The molecular formula is C19H26ClF5N2. The summed E-state index contributed by atoms with van der Waals surface area (Å²) in [6.45, 7) is 5.55. The first kappa shape index (κ1) is 22.4. The van der Waals surface area contributed by atoms with Gasteiger partial charge in [0.25, 0.3) is 0 Å². The van der Waals surface area contributed by atoms with E-state index in [0.29, 0.717) is 12.1 Å². The van der Waals surface area contributed by atoms with Crippen molar-refractivity contribution in [3.8, 4) is 0 Å². The molecule has 1 unspecified atom stereocenters. The number of nitrogens with zero attached hydrogens (tertiary/aromatic N) is 1. The molecule has 27 heavy (non-hydrogen) atoms. The molecular weight excluding hydrogens is 387 g/mol. The third kappa shape index (κ3) is 4.93. The maximum atomic E-state index is 13.5. The number of rotatable bonds is 4. The lowest BCUT2D eigenvalue weighted by molar-refractivity contribution is -0.138. The summed E-state index contributed by atoms with van der Waals surface area (Å²) in [5.74, 6) is -2.89. The summed E-state index contributed by atoms with van der Waals surface area (Å²) in [5, 5.41) is 3.40. The van der Waals surface area contributed by atoms with Crippen molar-refractivity contribution < 1.29 is 22.0 Å². The van der Waals surface area contributed by atoms with E-state index in [4.69, 9.17) is 0 Å². The minimum atomic E-state index is -4.40. The molecule has 2 nitrogen and oxygen atoms in total. The lowest BCUT2D eigenvalue weighted by Gasteiger charge is -2.50. The maximum absolute atomic E-state index is 13.5. The second kappa shape index (κ2) is 8.21. The van der Waals surface area contributed by atoms with E-state index in [9.17, 15) is 22.0 Å². The number of nitrogens with one attached hydrogen (secondary N) is 1. The maximum Gasteiger partial charge on any atom is 0.416 e. The Bertz CT molecular complexity index is 612. The number of piperazine rings is 1. The van der Waals surface area contributed by atoms with Crippen LogP contribution in [0, 0.1) is 5.92 Å². The largest absolute Gasteiger partial charge is 0.416 e. The Balaban J connectivity index is 0.00000261. The lowest BCUT2D eigenvalue weighted by atomic mass is 9.73. The molecule has 1 saturated heterocycles. The van der Waals surface area contributed by atoms with Gasteiger partial charge in [-0.05, 0) is 37.0 Å². The van der Waals surface area contributed by atoms with Crippen LogP contribution in [-0.2, 0) is 6.18 Å². The van der Waals surface area contributed by atoms with Gasteiger partial charge in [0.15, 0.2) is 0 Å². The Labute approximate surface area is 162 Å². The Hall–Kier alpha value is -0.920. The van der Waals surface area contributed by atoms with Crippen LogP contribution >= 0.6 is 12.4 Å². The van der Waals surface area contributed by atoms with Crippen molar-refractivity contribution in [1.82, 2.24) is 10.2 Å². The van der Waals surface area contributed by atoms with Crippen LogP contribution in [-0.4, -0.2) is 36.0 Å². The monoisotopic (exact) mass is 412 g/mol. The number of hydrogen-bond donors (Lipinski definition) is 1. The lowest BCUT2D eigenvalue weighted by Crippen LogP contribution is -2.58. The smallest absolute Gasteiger partial charge is 0.311 e. The summed E-state index contributed by atoms with van der Waals surface area (Å²) in [6.07, 6.45) is -3.94. The summed E-state index contributed by atoms with van der Waals surface area (Å²) >= 11 is 0. The van der Waals surface area contributed by atoms with E-state index in [1.54, 1.807) is 0 Å². The van der Waals surface area contributed by atoms with Crippen LogP contribution in [0.3, 0.4) is 0 Å². The highest BCUT2D eigenvalue weighted by molar-refractivity contribution is 5.85. The molecule has 1 aromatic rings. The van der Waals surface area contributed by atoms with Gasteiger partial charge in [-0.1, -0.05) is 19.1 Å². The predicted octanol–water partition coefficient (Wildman–Crippen LogP) is 5.29. The molecule has 0 amide bonds. The van der Waals surface area contributed by atoms with Crippen LogP contribution in [0.15, 0.2) is 24.3 Å². The highest BCUT2D eigenvalue weighted by Gasteiger charge is 2.51. The van der Waals surface area contributed by atoms with Gasteiger partial charge in [0, 0.05) is 44.1 Å². The Morgan fingerprint density at radius 3 is 2.26 bits per heavy atom. The van der Waals surface area contributed by atoms with E-state index in [2.05, 4.69) is 17.1 Å². The Morgan fingerprint density at radius 1 is 1.19 bits per heavy atom. The average Bonchev–Trinajstić information content (AvgIpc) is 2.53. The van der Waals surface area contributed by atoms with Gasteiger partial charge in [-0.15, -0.1) is 12.4 Å². The van der Waals surface area contributed by atoms with Crippen molar-refractivity contribution in [2.75, 3.05) is 13.1 Å². The molecule has 1 N–H and O–H groups in total. The number of hydrogen-bond acceptors (Lipinski definition) is 2. The molecule has 0 spiro atoms. The molecule has 2 aliphatic rings. The standard InChI is InChI=1S/C19H25F5N2.ClH/c1-3-16-10-25-12(2)11-26(16)17(14-8-18(20,21)9-14)13-4-6-15(7-5-13)19(22,23)24;/h4-7,12,14,16-17,25H,3,8-11H2,1-2H3;1H/t12-,16+,17?;/m0./s1. The van der Waals surface area contributed by atoms with Gasteiger partial charge in [-0.25, -0.2) is 8.78 Å². The molecule has 8 heteroatoms. The number of alkyl halides is 5. The van der Waals surface area contributed by atoms with Gasteiger partial charge in [0.1, 0.15) is 0 Å². The fraction of sp³-hybridized carbons (Fsp3) is 0.684. The molecule has 3 rings (SSSR count). The van der Waals surface area contributed by atoms with Gasteiger partial charge in [0.2, 0.25) is 5.92 Å². The van der Waals surface area contributed by atoms with E-state index in [1.165, 1.54) is 12.1 Å². The number of benzene rings is 1. The molecule has 1 saturated carbocycles. The molecule has 0 aromatic heterocycles. The summed E-state index contributed by atoms with van der Waals surface area (Å²) < 4.78 is 65.6. The summed E-state index contributed by atoms with van der Waals surface area (Å²) in [7, 11) is 0. The molecule has 1 aromatic carbocycles. The molecule has 1 heterocycles. The van der Waals surface area contributed by atoms with Crippen LogP contribution in [0.1, 0.15) is 50.3 Å². The second-order valence-electron chi connectivity index (χ2n) is 7.66. The fourth-order valence-corrected chi connectivity index (χ4v) is 4.24. The first-order valence-corrected chi connectivity index (χ1v) is 9.15. The van der Waals surface area contributed by atoms with Crippen molar-refractivity contribution in [3.05, 3.63) is 35.4 Å². The summed E-state index contributed by atoms with van der Waals surface area (Å²) in [6, 6.07) is 5.18. The van der Waals surface area contributed by atoms with Crippen LogP contribution < -0.4 is 5.32 Å². The first-order chi connectivity index (χ1) is 12.1. The number of halogens is 6. The van der Waals surface area contributed by atoms with E-state index >= 15 is 0 Å². The van der Waals surface area contributed by atoms with Crippen LogP contribution in [0.2, 0.25) is 0 Å². The molecule has 0 bridgehead atoms. The Kier molecular flexibility index (Phi) is 6.80. The van der Waals surface area contributed by atoms with Gasteiger partial charge in [0.05, 0.1) is 5.56 Å².